The lowest BCUT2D eigenvalue weighted by Crippen LogP contribution is -2.24. The number of carbonyl (C=O) groups is 1. The molecule has 1 N–H and O–H groups in total. The number of halogens is 1. The van der Waals surface area contributed by atoms with E-state index in [0.717, 1.165) is 40.7 Å². The Kier molecular flexibility index (Phi) is 6.41. The second-order valence-electron chi connectivity index (χ2n) is 8.26. The first-order chi connectivity index (χ1) is 15.3. The van der Waals surface area contributed by atoms with Gasteiger partial charge in [0.25, 0.3) is 15.9 Å². The number of nitrogens with zero attached hydrogens (tertiary/aromatic N) is 2. The van der Waals surface area contributed by atoms with Gasteiger partial charge in [0, 0.05) is 18.0 Å². The average Bonchev–Trinajstić information content (AvgIpc) is 3.05. The smallest absolute Gasteiger partial charge is 0.272 e. The van der Waals surface area contributed by atoms with Gasteiger partial charge in [-0.3, -0.25) is 4.79 Å². The highest BCUT2D eigenvalue weighted by Crippen LogP contribution is 2.35. The molecule has 0 fully saturated rings. The van der Waals surface area contributed by atoms with E-state index in [-0.39, 0.29) is 23.3 Å². The lowest BCUT2D eigenvalue weighted by molar-refractivity contribution is 0.0944. The molecule has 0 saturated heterocycles. The van der Waals surface area contributed by atoms with E-state index in [2.05, 4.69) is 10.4 Å². The lowest BCUT2D eigenvalue weighted by Gasteiger charge is -2.17. The van der Waals surface area contributed by atoms with Crippen LogP contribution in [0.2, 0.25) is 0 Å². The topological polar surface area (TPSA) is 81.1 Å². The fourth-order valence-electron chi connectivity index (χ4n) is 4.32. The summed E-state index contributed by atoms with van der Waals surface area (Å²) in [5.74, 6) is -0.820. The maximum Gasteiger partial charge on any atom is 0.272 e. The van der Waals surface area contributed by atoms with E-state index in [4.69, 9.17) is 0 Å². The van der Waals surface area contributed by atoms with Gasteiger partial charge in [-0.2, -0.15) is 9.19 Å². The number of hydrogen-bond donors (Lipinski definition) is 1. The van der Waals surface area contributed by atoms with Crippen LogP contribution in [0, 0.1) is 5.82 Å². The van der Waals surface area contributed by atoms with Gasteiger partial charge in [0.15, 0.2) is 5.69 Å². The molecule has 168 valence electrons. The van der Waals surface area contributed by atoms with Gasteiger partial charge < -0.3 is 5.32 Å². The molecule has 0 bridgehead atoms. The third-order valence-electron chi connectivity index (χ3n) is 5.83. The molecule has 6 nitrogen and oxygen atoms in total. The zero-order valence-corrected chi connectivity index (χ0v) is 18.7. The van der Waals surface area contributed by atoms with Crippen molar-refractivity contribution in [2.45, 2.75) is 44.6 Å². The van der Waals surface area contributed by atoms with E-state index in [9.17, 15) is 17.6 Å². The maximum atomic E-state index is 13.3. The summed E-state index contributed by atoms with van der Waals surface area (Å²) < 4.78 is 39.6. The zero-order valence-electron chi connectivity index (χ0n) is 17.9. The van der Waals surface area contributed by atoms with Gasteiger partial charge in [0.05, 0.1) is 11.9 Å². The fourth-order valence-corrected chi connectivity index (χ4v) is 5.17. The number of rotatable bonds is 6. The van der Waals surface area contributed by atoms with Crippen LogP contribution >= 0.6 is 0 Å². The Morgan fingerprint density at radius 1 is 1.09 bits per heavy atom. The maximum absolute atomic E-state index is 13.3. The summed E-state index contributed by atoms with van der Waals surface area (Å²) in [6, 6.07) is 15.8. The number of hydrogen-bond acceptors (Lipinski definition) is 4. The Morgan fingerprint density at radius 2 is 1.81 bits per heavy atom. The van der Waals surface area contributed by atoms with Gasteiger partial charge >= 0.3 is 0 Å². The molecule has 0 saturated carbocycles. The van der Waals surface area contributed by atoms with Crippen molar-refractivity contribution in [1.82, 2.24) is 14.5 Å². The van der Waals surface area contributed by atoms with Gasteiger partial charge in [-0.1, -0.05) is 48.9 Å². The molecule has 1 aromatic heterocycles. The summed E-state index contributed by atoms with van der Waals surface area (Å²) in [5, 5.41) is 7.15. The van der Waals surface area contributed by atoms with Crippen molar-refractivity contribution < 1.29 is 17.6 Å². The van der Waals surface area contributed by atoms with E-state index in [1.165, 1.54) is 12.1 Å². The first-order valence-electron chi connectivity index (χ1n) is 10.7. The molecule has 1 aliphatic carbocycles. The molecule has 32 heavy (non-hydrogen) atoms. The van der Waals surface area contributed by atoms with Crippen LogP contribution in [0.1, 0.15) is 58.1 Å². The molecule has 1 heterocycles. The number of aromatic nitrogens is 2. The second kappa shape index (κ2) is 9.24. The van der Waals surface area contributed by atoms with Crippen molar-refractivity contribution >= 4 is 15.9 Å². The number of amides is 1. The largest absolute Gasteiger partial charge is 0.347 e. The van der Waals surface area contributed by atoms with Crippen LogP contribution in [0.5, 0.6) is 0 Å². The number of fused-ring (bicyclic) bond motifs is 1. The molecule has 1 amide bonds. The van der Waals surface area contributed by atoms with Crippen LogP contribution in [0.25, 0.3) is 0 Å². The highest BCUT2D eigenvalue weighted by atomic mass is 32.2. The minimum atomic E-state index is -3.71. The van der Waals surface area contributed by atoms with Gasteiger partial charge in [-0.15, -0.1) is 0 Å². The predicted octanol–water partition coefficient (Wildman–Crippen LogP) is 3.81. The van der Waals surface area contributed by atoms with Crippen molar-refractivity contribution in [3.05, 3.63) is 88.5 Å². The predicted molar refractivity (Wildman–Crippen MR) is 120 cm³/mol. The average molecular weight is 456 g/mol. The van der Waals surface area contributed by atoms with E-state index in [1.807, 2.05) is 30.3 Å². The number of nitrogens with one attached hydrogen (secondary N) is 1. The molecule has 1 atom stereocenters. The Morgan fingerprint density at radius 3 is 2.50 bits per heavy atom. The minimum Gasteiger partial charge on any atom is -0.347 e. The molecule has 1 aliphatic rings. The molecule has 4 rings (SSSR count). The zero-order chi connectivity index (χ0) is 22.7. The van der Waals surface area contributed by atoms with Crippen molar-refractivity contribution in [2.75, 3.05) is 6.26 Å². The number of carbonyl (C=O) groups excluding carboxylic acids is 1. The molecular weight excluding hydrogens is 429 g/mol. The molecule has 2 aromatic carbocycles. The van der Waals surface area contributed by atoms with Crippen LogP contribution < -0.4 is 5.32 Å². The summed E-state index contributed by atoms with van der Waals surface area (Å²) >= 11 is 0. The Hall–Kier alpha value is -3.00. The monoisotopic (exact) mass is 455 g/mol. The fraction of sp³-hybridized carbons (Fsp3) is 0.333. The normalized spacial score (nSPS) is 16.2. The summed E-state index contributed by atoms with van der Waals surface area (Å²) in [4.78, 5) is 13.0. The Bertz CT molecular complexity index is 1210. The van der Waals surface area contributed by atoms with Crippen LogP contribution in [0.3, 0.4) is 0 Å². The summed E-state index contributed by atoms with van der Waals surface area (Å²) in [7, 11) is -3.71. The van der Waals surface area contributed by atoms with Crippen molar-refractivity contribution in [3.8, 4) is 0 Å². The van der Waals surface area contributed by atoms with Crippen LogP contribution in [-0.4, -0.2) is 29.8 Å². The van der Waals surface area contributed by atoms with E-state index < -0.39 is 10.0 Å². The standard InChI is InChI=1S/C24H26FN3O3S/c1-32(30,31)28-23-19(15-17-11-13-20(25)14-12-17)9-5-6-10-21(23)22(27-28)24(29)26-16-18-7-3-2-4-8-18/h2-4,7-8,11-14,19H,5-6,9-10,15-16H2,1H3,(H,26,29). The van der Waals surface area contributed by atoms with Gasteiger partial charge in [0.1, 0.15) is 5.82 Å². The Labute approximate surface area is 187 Å². The molecule has 8 heteroatoms. The van der Waals surface area contributed by atoms with Crippen molar-refractivity contribution in [3.63, 3.8) is 0 Å². The SMILES string of the molecule is CS(=O)(=O)n1nc(C(=O)NCc2ccccc2)c2c1C(Cc1ccc(F)cc1)CCCC2. The van der Waals surface area contributed by atoms with Crippen molar-refractivity contribution in [1.29, 1.82) is 0 Å². The van der Waals surface area contributed by atoms with Gasteiger partial charge in [-0.05, 0) is 48.9 Å². The minimum absolute atomic E-state index is 0.129. The van der Waals surface area contributed by atoms with Crippen LogP contribution in [-0.2, 0) is 29.4 Å². The highest BCUT2D eigenvalue weighted by Gasteiger charge is 2.32. The first kappa shape index (κ1) is 22.2. The highest BCUT2D eigenvalue weighted by molar-refractivity contribution is 7.89. The molecular formula is C24H26FN3O3S. The third-order valence-corrected chi connectivity index (χ3v) is 6.74. The van der Waals surface area contributed by atoms with Gasteiger partial charge in [0.2, 0.25) is 0 Å². The molecule has 0 spiro atoms. The summed E-state index contributed by atoms with van der Waals surface area (Å²) in [5.41, 5.74) is 3.32. The molecule has 3 aromatic rings. The van der Waals surface area contributed by atoms with Gasteiger partial charge in [-0.25, -0.2) is 12.8 Å². The quantitative estimate of drug-likeness (QED) is 0.573. The molecule has 1 unspecified atom stereocenters. The van der Waals surface area contributed by atoms with E-state index in [0.29, 0.717) is 30.6 Å². The van der Waals surface area contributed by atoms with Crippen molar-refractivity contribution in [2.24, 2.45) is 0 Å². The molecule has 0 radical (unpaired) electrons. The first-order valence-corrected chi connectivity index (χ1v) is 12.6. The third kappa shape index (κ3) is 4.91. The second-order valence-corrected chi connectivity index (χ2v) is 10.1. The molecule has 0 aliphatic heterocycles. The lowest BCUT2D eigenvalue weighted by atomic mass is 9.91. The van der Waals surface area contributed by atoms with Crippen LogP contribution in [0.15, 0.2) is 54.6 Å². The summed E-state index contributed by atoms with van der Waals surface area (Å²) in [6.07, 6.45) is 4.79. The van der Waals surface area contributed by atoms with Crippen LogP contribution in [0.4, 0.5) is 4.39 Å². The van der Waals surface area contributed by atoms with E-state index in [1.54, 1.807) is 12.1 Å². The Balaban J connectivity index is 1.69. The van der Waals surface area contributed by atoms with E-state index >= 15 is 0 Å². The summed E-state index contributed by atoms with van der Waals surface area (Å²) in [6.45, 7) is 0.333. The number of benzene rings is 2.